The van der Waals surface area contributed by atoms with Crippen LogP contribution in [-0.2, 0) is 19.5 Å². The number of carbonyl (C=O) groups excluding carboxylic acids is 2. The third kappa shape index (κ3) is 3.11. The first-order valence-corrected chi connectivity index (χ1v) is 8.20. The highest BCUT2D eigenvalue weighted by atomic mass is 32.3. The number of hydrogen-bond donors (Lipinski definition) is 1. The van der Waals surface area contributed by atoms with Crippen molar-refractivity contribution in [3.05, 3.63) is 0 Å². The molecule has 1 unspecified atom stereocenters. The van der Waals surface area contributed by atoms with Gasteiger partial charge in [0, 0.05) is 19.6 Å². The molecule has 0 spiro atoms. The van der Waals surface area contributed by atoms with Gasteiger partial charge in [-0.1, -0.05) is 0 Å². The second kappa shape index (κ2) is 5.78. The van der Waals surface area contributed by atoms with Gasteiger partial charge in [-0.3, -0.25) is 9.35 Å². The molecule has 2 aliphatic rings. The Balaban J connectivity index is 2.15. The van der Waals surface area contributed by atoms with Crippen molar-refractivity contribution in [2.24, 2.45) is 0 Å². The molecule has 0 aliphatic carbocycles. The van der Waals surface area contributed by atoms with E-state index in [1.807, 2.05) is 13.8 Å². The fourth-order valence-corrected chi connectivity index (χ4v) is 3.22. The van der Waals surface area contributed by atoms with E-state index in [1.54, 1.807) is 4.90 Å². The van der Waals surface area contributed by atoms with E-state index in [0.29, 0.717) is 31.0 Å². The van der Waals surface area contributed by atoms with E-state index < -0.39 is 28.5 Å². The summed E-state index contributed by atoms with van der Waals surface area (Å²) in [6, 6.07) is -1.79. The zero-order chi connectivity index (χ0) is 15.8. The number of piperidine rings is 1. The molecule has 0 aromatic heterocycles. The summed E-state index contributed by atoms with van der Waals surface area (Å²) in [6.45, 7) is 5.01. The molecule has 2 heterocycles. The SMILES string of the molecule is CCN(CC)C(=O)[C@@H]1CCC2CN1C(=O)N2OS(=O)(=O)O. The molecule has 2 saturated heterocycles. The van der Waals surface area contributed by atoms with Crippen molar-refractivity contribution in [2.45, 2.75) is 38.8 Å². The largest absolute Gasteiger partial charge is 0.418 e. The van der Waals surface area contributed by atoms with E-state index in [-0.39, 0.29) is 12.5 Å². The number of carbonyl (C=O) groups is 2. The number of likely N-dealkylation sites (N-methyl/N-ethyl adjacent to an activating group) is 1. The van der Waals surface area contributed by atoms with E-state index >= 15 is 0 Å². The molecule has 21 heavy (non-hydrogen) atoms. The van der Waals surface area contributed by atoms with Gasteiger partial charge in [0.15, 0.2) is 0 Å². The van der Waals surface area contributed by atoms with Crippen LogP contribution in [0, 0.1) is 0 Å². The second-order valence-corrected chi connectivity index (χ2v) is 6.03. The Kier molecular flexibility index (Phi) is 4.40. The Bertz CT molecular complexity index is 532. The van der Waals surface area contributed by atoms with Crippen LogP contribution in [0.5, 0.6) is 0 Å². The summed E-state index contributed by atoms with van der Waals surface area (Å²) in [5.41, 5.74) is 0. The highest BCUT2D eigenvalue weighted by Crippen LogP contribution is 2.31. The highest BCUT2D eigenvalue weighted by Gasteiger charge is 2.49. The van der Waals surface area contributed by atoms with E-state index in [9.17, 15) is 18.0 Å². The third-order valence-corrected chi connectivity index (χ3v) is 4.21. The minimum Gasteiger partial charge on any atom is -0.341 e. The van der Waals surface area contributed by atoms with Crippen molar-refractivity contribution >= 4 is 22.3 Å². The minimum absolute atomic E-state index is 0.152. The quantitative estimate of drug-likeness (QED) is 0.706. The molecule has 0 saturated carbocycles. The Morgan fingerprint density at radius 1 is 1.38 bits per heavy atom. The van der Waals surface area contributed by atoms with Crippen molar-refractivity contribution in [3.8, 4) is 0 Å². The van der Waals surface area contributed by atoms with Crippen LogP contribution < -0.4 is 0 Å². The number of nitrogens with zero attached hydrogens (tertiary/aromatic N) is 3. The Labute approximate surface area is 123 Å². The summed E-state index contributed by atoms with van der Waals surface area (Å²) in [6.07, 6.45) is 0.881. The van der Waals surface area contributed by atoms with E-state index in [4.69, 9.17) is 4.55 Å². The smallest absolute Gasteiger partial charge is 0.341 e. The summed E-state index contributed by atoms with van der Waals surface area (Å²) in [7, 11) is -4.76. The number of hydrogen-bond acceptors (Lipinski definition) is 5. The maximum Gasteiger partial charge on any atom is 0.418 e. The van der Waals surface area contributed by atoms with E-state index in [0.717, 1.165) is 0 Å². The van der Waals surface area contributed by atoms with Gasteiger partial charge < -0.3 is 9.80 Å². The molecule has 3 amide bonds. The molecule has 2 atom stereocenters. The molecule has 2 fully saturated rings. The van der Waals surface area contributed by atoms with Gasteiger partial charge in [0.2, 0.25) is 5.91 Å². The van der Waals surface area contributed by atoms with Gasteiger partial charge in [-0.2, -0.15) is 13.5 Å². The van der Waals surface area contributed by atoms with Gasteiger partial charge in [-0.15, -0.1) is 4.28 Å². The summed E-state index contributed by atoms with van der Waals surface area (Å²) < 4.78 is 34.6. The number of hydroxylamine groups is 2. The van der Waals surface area contributed by atoms with Crippen LogP contribution in [0.1, 0.15) is 26.7 Å². The number of fused-ring (bicyclic) bond motifs is 2. The van der Waals surface area contributed by atoms with Crippen molar-refractivity contribution in [1.29, 1.82) is 0 Å². The molecule has 2 rings (SSSR count). The molecule has 120 valence electrons. The lowest BCUT2D eigenvalue weighted by Crippen LogP contribution is -2.51. The zero-order valence-electron chi connectivity index (χ0n) is 11.9. The molecule has 0 radical (unpaired) electrons. The summed E-state index contributed by atoms with van der Waals surface area (Å²) in [4.78, 5) is 27.5. The third-order valence-electron chi connectivity index (χ3n) is 3.86. The Morgan fingerprint density at radius 2 is 2.00 bits per heavy atom. The van der Waals surface area contributed by atoms with Crippen LogP contribution in [0.25, 0.3) is 0 Å². The first-order chi connectivity index (χ1) is 9.78. The van der Waals surface area contributed by atoms with Gasteiger partial charge in [0.1, 0.15) is 6.04 Å². The van der Waals surface area contributed by atoms with Gasteiger partial charge >= 0.3 is 16.4 Å². The van der Waals surface area contributed by atoms with Crippen LogP contribution >= 0.6 is 0 Å². The summed E-state index contributed by atoms with van der Waals surface area (Å²) >= 11 is 0. The van der Waals surface area contributed by atoms with Crippen LogP contribution in [-0.4, -0.2) is 71.5 Å². The number of amides is 3. The van der Waals surface area contributed by atoms with Crippen LogP contribution in [0.3, 0.4) is 0 Å². The topological polar surface area (TPSA) is 107 Å². The van der Waals surface area contributed by atoms with Crippen molar-refractivity contribution in [2.75, 3.05) is 19.6 Å². The molecule has 0 aromatic carbocycles. The van der Waals surface area contributed by atoms with Crippen LogP contribution in [0.2, 0.25) is 0 Å². The monoisotopic (exact) mass is 321 g/mol. The average molecular weight is 321 g/mol. The van der Waals surface area contributed by atoms with E-state index in [2.05, 4.69) is 4.28 Å². The molecule has 2 bridgehead atoms. The highest BCUT2D eigenvalue weighted by molar-refractivity contribution is 7.80. The van der Waals surface area contributed by atoms with Gasteiger partial charge in [-0.05, 0) is 26.7 Å². The minimum atomic E-state index is -4.76. The molecular weight excluding hydrogens is 302 g/mol. The molecule has 2 aliphatic heterocycles. The zero-order valence-corrected chi connectivity index (χ0v) is 12.7. The van der Waals surface area contributed by atoms with Crippen LogP contribution in [0.15, 0.2) is 0 Å². The molecule has 1 N–H and O–H groups in total. The van der Waals surface area contributed by atoms with Gasteiger partial charge in [0.25, 0.3) is 0 Å². The van der Waals surface area contributed by atoms with Crippen molar-refractivity contribution in [1.82, 2.24) is 14.9 Å². The van der Waals surface area contributed by atoms with Crippen molar-refractivity contribution < 1.29 is 26.8 Å². The molecule has 10 heteroatoms. The summed E-state index contributed by atoms with van der Waals surface area (Å²) in [5.74, 6) is -0.152. The van der Waals surface area contributed by atoms with Gasteiger partial charge in [0.05, 0.1) is 6.04 Å². The van der Waals surface area contributed by atoms with Crippen LogP contribution in [0.4, 0.5) is 4.79 Å². The molecule has 9 nitrogen and oxygen atoms in total. The first-order valence-electron chi connectivity index (χ1n) is 6.84. The standard InChI is InChI=1S/C11H19N3O6S/c1-3-12(4-2)10(15)9-6-5-8-7-13(9)11(16)14(8)20-21(17,18)19/h8-9H,3-7H2,1-2H3,(H,17,18,19)/t8?,9-/m0/s1. The number of urea groups is 1. The number of rotatable bonds is 5. The average Bonchev–Trinajstić information content (AvgIpc) is 2.64. The lowest BCUT2D eigenvalue weighted by molar-refractivity contribution is -0.136. The lowest BCUT2D eigenvalue weighted by Gasteiger charge is -2.33. The van der Waals surface area contributed by atoms with Crippen molar-refractivity contribution in [3.63, 3.8) is 0 Å². The lowest BCUT2D eigenvalue weighted by atomic mass is 10.00. The normalized spacial score (nSPS) is 25.4. The Hall–Kier alpha value is -1.39. The second-order valence-electron chi connectivity index (χ2n) is 5.02. The maximum atomic E-state index is 12.4. The Morgan fingerprint density at radius 3 is 2.52 bits per heavy atom. The fraction of sp³-hybridized carbons (Fsp3) is 0.818. The van der Waals surface area contributed by atoms with E-state index in [1.165, 1.54) is 4.90 Å². The maximum absolute atomic E-state index is 12.4. The summed E-state index contributed by atoms with van der Waals surface area (Å²) in [5, 5.41) is 0.644. The predicted octanol–water partition coefficient (Wildman–Crippen LogP) is -0.142. The van der Waals surface area contributed by atoms with Gasteiger partial charge in [-0.25, -0.2) is 4.79 Å². The molecular formula is C11H19N3O6S. The molecule has 0 aromatic rings. The fourth-order valence-electron chi connectivity index (χ4n) is 2.83. The first kappa shape index (κ1) is 16.0. The predicted molar refractivity (Wildman–Crippen MR) is 71.3 cm³/mol.